The van der Waals surface area contributed by atoms with Gasteiger partial charge in [-0.2, -0.15) is 0 Å². The Labute approximate surface area is 77.4 Å². The molecule has 0 aromatic heterocycles. The van der Waals surface area contributed by atoms with Crippen molar-refractivity contribution in [1.82, 2.24) is 5.32 Å². The zero-order chi connectivity index (χ0) is 9.68. The number of halogens is 1. The second-order valence-electron chi connectivity index (χ2n) is 2.97. The van der Waals surface area contributed by atoms with Gasteiger partial charge in [0.15, 0.2) is 0 Å². The lowest BCUT2D eigenvalue weighted by molar-refractivity contribution is 0.292. The molecule has 1 rings (SSSR count). The smallest absolute Gasteiger partial charge is 0.123 e. The summed E-state index contributed by atoms with van der Waals surface area (Å²) in [6.07, 6.45) is 0. The Hall–Kier alpha value is -0.930. The molecule has 0 amide bonds. The molecule has 0 bridgehead atoms. The van der Waals surface area contributed by atoms with Crippen LogP contribution in [-0.4, -0.2) is 18.3 Å². The van der Waals surface area contributed by atoms with Crippen molar-refractivity contribution in [3.8, 4) is 0 Å². The Kier molecular flexibility index (Phi) is 3.86. The molecule has 2 N–H and O–H groups in total. The molecule has 0 saturated carbocycles. The van der Waals surface area contributed by atoms with Crippen LogP contribution in [-0.2, 0) is 6.54 Å². The minimum absolute atomic E-state index is 0.125. The van der Waals surface area contributed by atoms with Gasteiger partial charge in [-0.3, -0.25) is 0 Å². The molecule has 0 saturated heterocycles. The maximum atomic E-state index is 12.7. The summed E-state index contributed by atoms with van der Waals surface area (Å²) < 4.78 is 12.7. The highest BCUT2D eigenvalue weighted by Gasteiger charge is 1.98. The van der Waals surface area contributed by atoms with Crippen molar-refractivity contribution in [2.75, 3.05) is 13.2 Å². The highest BCUT2D eigenvalue weighted by atomic mass is 19.1. The first kappa shape index (κ1) is 10.2. The van der Waals surface area contributed by atoms with E-state index in [1.54, 1.807) is 6.07 Å². The van der Waals surface area contributed by atoms with Gasteiger partial charge < -0.3 is 10.4 Å². The van der Waals surface area contributed by atoms with E-state index in [1.807, 2.05) is 6.92 Å². The standard InChI is InChI=1S/C10H14FNO/c1-8-6-10(11)3-2-9(8)7-12-4-5-13/h2-3,6,12-13H,4-5,7H2,1H3. The minimum Gasteiger partial charge on any atom is -0.395 e. The number of aliphatic hydroxyl groups excluding tert-OH is 1. The molecule has 1 aromatic rings. The van der Waals surface area contributed by atoms with Crippen LogP contribution >= 0.6 is 0 Å². The van der Waals surface area contributed by atoms with E-state index < -0.39 is 0 Å². The van der Waals surface area contributed by atoms with Crippen molar-refractivity contribution >= 4 is 0 Å². The predicted molar refractivity (Wildman–Crippen MR) is 49.9 cm³/mol. The van der Waals surface area contributed by atoms with Crippen LogP contribution in [0.15, 0.2) is 18.2 Å². The first-order chi connectivity index (χ1) is 6.24. The van der Waals surface area contributed by atoms with Crippen molar-refractivity contribution in [3.05, 3.63) is 35.1 Å². The van der Waals surface area contributed by atoms with Crippen molar-refractivity contribution in [1.29, 1.82) is 0 Å². The summed E-state index contributed by atoms with van der Waals surface area (Å²) >= 11 is 0. The topological polar surface area (TPSA) is 32.3 Å². The summed E-state index contributed by atoms with van der Waals surface area (Å²) in [6.45, 7) is 3.24. The third-order valence-electron chi connectivity index (χ3n) is 1.91. The van der Waals surface area contributed by atoms with E-state index in [0.29, 0.717) is 13.1 Å². The van der Waals surface area contributed by atoms with Crippen LogP contribution in [0.1, 0.15) is 11.1 Å². The molecule has 2 nitrogen and oxygen atoms in total. The average molecular weight is 183 g/mol. The lowest BCUT2D eigenvalue weighted by Gasteiger charge is -2.06. The molecule has 0 radical (unpaired) electrons. The molecule has 72 valence electrons. The number of nitrogens with one attached hydrogen (secondary N) is 1. The van der Waals surface area contributed by atoms with E-state index in [1.165, 1.54) is 12.1 Å². The van der Waals surface area contributed by atoms with Crippen LogP contribution in [0.5, 0.6) is 0 Å². The summed E-state index contributed by atoms with van der Waals surface area (Å²) in [6, 6.07) is 4.72. The second-order valence-corrected chi connectivity index (χ2v) is 2.97. The largest absolute Gasteiger partial charge is 0.395 e. The number of rotatable bonds is 4. The van der Waals surface area contributed by atoms with E-state index in [9.17, 15) is 4.39 Å². The van der Waals surface area contributed by atoms with E-state index >= 15 is 0 Å². The molecule has 0 heterocycles. The maximum absolute atomic E-state index is 12.7. The zero-order valence-corrected chi connectivity index (χ0v) is 7.68. The second kappa shape index (κ2) is 4.94. The summed E-state index contributed by atoms with van der Waals surface area (Å²) in [4.78, 5) is 0. The van der Waals surface area contributed by atoms with Gasteiger partial charge in [-0.25, -0.2) is 4.39 Å². The van der Waals surface area contributed by atoms with Crippen LogP contribution in [0, 0.1) is 12.7 Å². The van der Waals surface area contributed by atoms with Gasteiger partial charge in [0.1, 0.15) is 5.82 Å². The highest BCUT2D eigenvalue weighted by Crippen LogP contribution is 2.09. The van der Waals surface area contributed by atoms with Crippen molar-refractivity contribution in [2.45, 2.75) is 13.5 Å². The van der Waals surface area contributed by atoms with E-state index in [2.05, 4.69) is 5.32 Å². The molecule has 3 heteroatoms. The number of hydrogen-bond acceptors (Lipinski definition) is 2. The Bertz CT molecular complexity index is 276. The molecule has 13 heavy (non-hydrogen) atoms. The maximum Gasteiger partial charge on any atom is 0.123 e. The van der Waals surface area contributed by atoms with Crippen molar-refractivity contribution < 1.29 is 9.50 Å². The van der Waals surface area contributed by atoms with Gasteiger partial charge in [0.25, 0.3) is 0 Å². The molecule has 0 unspecified atom stereocenters. The van der Waals surface area contributed by atoms with E-state index in [0.717, 1.165) is 11.1 Å². The van der Waals surface area contributed by atoms with E-state index in [-0.39, 0.29) is 12.4 Å². The molecule has 1 aromatic carbocycles. The summed E-state index contributed by atoms with van der Waals surface area (Å²) in [5.41, 5.74) is 2.00. The molecular formula is C10H14FNO. The Balaban J connectivity index is 2.56. The number of benzene rings is 1. The van der Waals surface area contributed by atoms with Crippen LogP contribution in [0.25, 0.3) is 0 Å². The van der Waals surface area contributed by atoms with Crippen LogP contribution in [0.3, 0.4) is 0 Å². The fraction of sp³-hybridized carbons (Fsp3) is 0.400. The Morgan fingerprint density at radius 3 is 2.85 bits per heavy atom. The third kappa shape index (κ3) is 3.13. The Morgan fingerprint density at radius 1 is 1.46 bits per heavy atom. The monoisotopic (exact) mass is 183 g/mol. The molecule has 0 atom stereocenters. The fourth-order valence-electron chi connectivity index (χ4n) is 1.16. The van der Waals surface area contributed by atoms with Gasteiger partial charge in [-0.05, 0) is 30.2 Å². The lowest BCUT2D eigenvalue weighted by Crippen LogP contribution is -2.18. The van der Waals surface area contributed by atoms with Gasteiger partial charge in [-0.15, -0.1) is 0 Å². The zero-order valence-electron chi connectivity index (χ0n) is 7.68. The molecule has 0 aliphatic rings. The lowest BCUT2D eigenvalue weighted by atomic mass is 10.1. The molecule has 0 aliphatic carbocycles. The first-order valence-electron chi connectivity index (χ1n) is 4.30. The minimum atomic E-state index is -0.205. The van der Waals surface area contributed by atoms with Gasteiger partial charge in [0.05, 0.1) is 6.61 Å². The number of aryl methyl sites for hydroxylation is 1. The normalized spacial score (nSPS) is 10.4. The van der Waals surface area contributed by atoms with Gasteiger partial charge >= 0.3 is 0 Å². The van der Waals surface area contributed by atoms with Crippen molar-refractivity contribution in [3.63, 3.8) is 0 Å². The summed E-state index contributed by atoms with van der Waals surface area (Å²) in [5, 5.41) is 11.6. The van der Waals surface area contributed by atoms with Crippen LogP contribution in [0.2, 0.25) is 0 Å². The van der Waals surface area contributed by atoms with Crippen molar-refractivity contribution in [2.24, 2.45) is 0 Å². The molecule has 0 aliphatic heterocycles. The fourth-order valence-corrected chi connectivity index (χ4v) is 1.16. The third-order valence-corrected chi connectivity index (χ3v) is 1.91. The number of aliphatic hydroxyl groups is 1. The quantitative estimate of drug-likeness (QED) is 0.688. The average Bonchev–Trinajstić information content (AvgIpc) is 2.09. The van der Waals surface area contributed by atoms with Gasteiger partial charge in [0.2, 0.25) is 0 Å². The molecule has 0 spiro atoms. The molecular weight excluding hydrogens is 169 g/mol. The van der Waals surface area contributed by atoms with Crippen LogP contribution in [0.4, 0.5) is 4.39 Å². The Morgan fingerprint density at radius 2 is 2.23 bits per heavy atom. The van der Waals surface area contributed by atoms with E-state index in [4.69, 9.17) is 5.11 Å². The van der Waals surface area contributed by atoms with Gasteiger partial charge in [0, 0.05) is 13.1 Å². The number of hydrogen-bond donors (Lipinski definition) is 2. The summed E-state index contributed by atoms with van der Waals surface area (Å²) in [7, 11) is 0. The highest BCUT2D eigenvalue weighted by molar-refractivity contribution is 5.26. The first-order valence-corrected chi connectivity index (χ1v) is 4.30. The van der Waals surface area contributed by atoms with Gasteiger partial charge in [-0.1, -0.05) is 6.07 Å². The SMILES string of the molecule is Cc1cc(F)ccc1CNCCO. The van der Waals surface area contributed by atoms with Crippen LogP contribution < -0.4 is 5.32 Å². The molecule has 0 fully saturated rings. The summed E-state index contributed by atoms with van der Waals surface area (Å²) in [5.74, 6) is -0.205. The predicted octanol–water partition coefficient (Wildman–Crippen LogP) is 1.22.